The number of nitrogens with one attached hydrogen (secondary N) is 2. The fraction of sp³-hybridized carbons (Fsp3) is 0.538. The van der Waals surface area contributed by atoms with E-state index in [-0.39, 0.29) is 24.0 Å². The Morgan fingerprint density at radius 2 is 1.69 bits per heavy atom. The highest BCUT2D eigenvalue weighted by atomic mass is 19.4. The number of H-pyrrole nitrogens is 1. The summed E-state index contributed by atoms with van der Waals surface area (Å²) in [6, 6.07) is 8.13. The Labute approximate surface area is 319 Å². The molecule has 13 nitrogen and oxygen atoms in total. The molecule has 0 aliphatic carbocycles. The molecule has 5 heterocycles. The van der Waals surface area contributed by atoms with E-state index in [1.54, 1.807) is 10.9 Å². The summed E-state index contributed by atoms with van der Waals surface area (Å²) in [5, 5.41) is 13.3. The van der Waals surface area contributed by atoms with Crippen molar-refractivity contribution in [3.8, 4) is 16.8 Å². The first-order valence-corrected chi connectivity index (χ1v) is 18.7. The number of halogens is 3. The average Bonchev–Trinajstić information content (AvgIpc) is 3.82. The number of hydrogen-bond donors (Lipinski definition) is 2. The standard InChI is InChI=1S/C39H51F3N10O3/c1-25-8-9-30(52-24-29(21-45-52)34(53)44-22-31-46-35(48-47-31)38(6,7)39(40,41)42)26(2)33(25)28-10-13-43-32(20-28)50-18-16-49(17-19-50)23-27-11-14-51(15-12-27)36(54)55-37(3,4)5/h8-10,13,20-21,24,27H,11-12,14-19,22-23H2,1-7H3,(H,44,53)(H,46,47,48). The summed E-state index contributed by atoms with van der Waals surface area (Å²) in [5.41, 5.74) is 2.53. The van der Waals surface area contributed by atoms with Gasteiger partial charge in [-0.3, -0.25) is 14.8 Å². The first-order chi connectivity index (χ1) is 25.9. The molecule has 16 heteroatoms. The van der Waals surface area contributed by atoms with Crippen molar-refractivity contribution in [1.82, 2.24) is 45.1 Å². The zero-order chi connectivity index (χ0) is 39.7. The van der Waals surface area contributed by atoms with Crippen LogP contribution in [0.1, 0.15) is 80.6 Å². The number of carbonyl (C=O) groups is 2. The van der Waals surface area contributed by atoms with Crippen LogP contribution in [0.3, 0.4) is 0 Å². The largest absolute Gasteiger partial charge is 0.444 e. The maximum atomic E-state index is 13.4. The monoisotopic (exact) mass is 764 g/mol. The number of ether oxygens (including phenoxy) is 1. The fourth-order valence-corrected chi connectivity index (χ4v) is 7.04. The number of benzene rings is 1. The van der Waals surface area contributed by atoms with E-state index in [1.807, 2.05) is 57.0 Å². The molecule has 2 N–H and O–H groups in total. The quantitative estimate of drug-likeness (QED) is 0.204. The predicted molar refractivity (Wildman–Crippen MR) is 202 cm³/mol. The molecule has 2 aliphatic heterocycles. The van der Waals surface area contributed by atoms with Crippen LogP contribution in [-0.2, 0) is 16.7 Å². The van der Waals surface area contributed by atoms with Gasteiger partial charge >= 0.3 is 12.3 Å². The van der Waals surface area contributed by atoms with E-state index in [4.69, 9.17) is 9.72 Å². The van der Waals surface area contributed by atoms with E-state index in [2.05, 4.69) is 48.4 Å². The molecule has 2 aliphatic rings. The second-order valence-electron chi connectivity index (χ2n) is 16.1. The van der Waals surface area contributed by atoms with Crippen molar-refractivity contribution in [2.45, 2.75) is 85.0 Å². The zero-order valence-electron chi connectivity index (χ0n) is 32.6. The number of hydrogen-bond acceptors (Lipinski definition) is 9. The van der Waals surface area contributed by atoms with Crippen LogP contribution >= 0.6 is 0 Å². The van der Waals surface area contributed by atoms with Crippen molar-refractivity contribution < 1.29 is 27.5 Å². The molecule has 0 unspecified atom stereocenters. The van der Waals surface area contributed by atoms with Crippen molar-refractivity contribution in [3.63, 3.8) is 0 Å². The van der Waals surface area contributed by atoms with Crippen LogP contribution in [0.25, 0.3) is 16.8 Å². The summed E-state index contributed by atoms with van der Waals surface area (Å²) >= 11 is 0. The Morgan fingerprint density at radius 3 is 2.36 bits per heavy atom. The Balaban J connectivity index is 1.06. The molecule has 296 valence electrons. The number of carbonyl (C=O) groups excluding carboxylic acids is 2. The maximum Gasteiger partial charge on any atom is 0.410 e. The Hall–Kier alpha value is -4.99. The van der Waals surface area contributed by atoms with Crippen LogP contribution in [-0.4, -0.2) is 109 Å². The smallest absolute Gasteiger partial charge is 0.410 e. The van der Waals surface area contributed by atoms with Crippen molar-refractivity contribution in [3.05, 3.63) is 71.2 Å². The molecule has 0 saturated carbocycles. The minimum atomic E-state index is -4.53. The number of likely N-dealkylation sites (tertiary alicyclic amines) is 1. The van der Waals surface area contributed by atoms with Gasteiger partial charge in [-0.15, -0.1) is 0 Å². The number of anilines is 1. The van der Waals surface area contributed by atoms with Crippen molar-refractivity contribution in [1.29, 1.82) is 0 Å². The highest BCUT2D eigenvalue weighted by Crippen LogP contribution is 2.38. The molecule has 0 bridgehead atoms. The van der Waals surface area contributed by atoms with Crippen molar-refractivity contribution in [2.75, 3.05) is 50.7 Å². The van der Waals surface area contributed by atoms with Gasteiger partial charge < -0.3 is 19.9 Å². The third-order valence-electron chi connectivity index (χ3n) is 10.5. The van der Waals surface area contributed by atoms with Gasteiger partial charge in [-0.1, -0.05) is 6.07 Å². The first kappa shape index (κ1) is 39.7. The van der Waals surface area contributed by atoms with Crippen LogP contribution in [0.15, 0.2) is 42.9 Å². The summed E-state index contributed by atoms with van der Waals surface area (Å²) in [4.78, 5) is 40.8. The Bertz CT molecular complexity index is 1980. The van der Waals surface area contributed by atoms with E-state index in [1.165, 1.54) is 6.20 Å². The van der Waals surface area contributed by atoms with E-state index >= 15 is 0 Å². The minimum Gasteiger partial charge on any atom is -0.444 e. The second kappa shape index (κ2) is 15.6. The third kappa shape index (κ3) is 9.11. The van der Waals surface area contributed by atoms with E-state index in [9.17, 15) is 22.8 Å². The summed E-state index contributed by atoms with van der Waals surface area (Å²) in [5.74, 6) is 0.742. The number of aromatic nitrogens is 6. The van der Waals surface area contributed by atoms with Gasteiger partial charge in [0.1, 0.15) is 22.7 Å². The predicted octanol–water partition coefficient (Wildman–Crippen LogP) is 6.21. The molecule has 2 amide bonds. The molecule has 0 radical (unpaired) electrons. The number of alkyl halides is 3. The SMILES string of the molecule is Cc1ccc(-n2cc(C(=O)NCc3nc(C(C)(C)C(F)(F)F)n[nH]3)cn2)c(C)c1-c1ccnc(N2CCN(CC3CCN(C(=O)OC(C)(C)C)CC3)CC2)c1. The molecule has 3 aromatic heterocycles. The first-order valence-electron chi connectivity index (χ1n) is 18.7. The van der Waals surface area contributed by atoms with Gasteiger partial charge in [-0.25, -0.2) is 19.4 Å². The molecule has 0 atom stereocenters. The van der Waals surface area contributed by atoms with Crippen LogP contribution in [0.2, 0.25) is 0 Å². The minimum absolute atomic E-state index is 0.111. The van der Waals surface area contributed by atoms with Gasteiger partial charge in [-0.05, 0) is 108 Å². The molecular weight excluding hydrogens is 713 g/mol. The van der Waals surface area contributed by atoms with E-state index < -0.39 is 28.9 Å². The summed E-state index contributed by atoms with van der Waals surface area (Å²) < 4.78 is 47.4. The summed E-state index contributed by atoms with van der Waals surface area (Å²) in [7, 11) is 0. The number of amides is 2. The van der Waals surface area contributed by atoms with Gasteiger partial charge in [-0.2, -0.15) is 23.4 Å². The lowest BCUT2D eigenvalue weighted by Gasteiger charge is -2.39. The topological polar surface area (TPSA) is 137 Å². The third-order valence-corrected chi connectivity index (χ3v) is 10.5. The van der Waals surface area contributed by atoms with Crippen molar-refractivity contribution >= 4 is 17.8 Å². The lowest BCUT2D eigenvalue weighted by Crippen LogP contribution is -2.49. The molecule has 2 saturated heterocycles. The number of aromatic amines is 1. The molecule has 55 heavy (non-hydrogen) atoms. The maximum absolute atomic E-state index is 13.4. The second-order valence-corrected chi connectivity index (χ2v) is 16.1. The lowest BCUT2D eigenvalue weighted by molar-refractivity contribution is -0.182. The van der Waals surface area contributed by atoms with Crippen LogP contribution in [0.5, 0.6) is 0 Å². The number of aryl methyl sites for hydroxylation is 1. The van der Waals surface area contributed by atoms with E-state index in [0.29, 0.717) is 5.92 Å². The normalized spacial score (nSPS) is 16.4. The average molecular weight is 765 g/mol. The molecule has 4 aromatic rings. The summed E-state index contributed by atoms with van der Waals surface area (Å²) in [6.45, 7) is 17.8. The number of rotatable bonds is 9. The number of piperazine rings is 1. The van der Waals surface area contributed by atoms with Gasteiger partial charge in [0.25, 0.3) is 5.91 Å². The Kier molecular flexibility index (Phi) is 11.3. The van der Waals surface area contributed by atoms with Crippen LogP contribution in [0, 0.1) is 19.8 Å². The highest BCUT2D eigenvalue weighted by molar-refractivity contribution is 5.93. The molecule has 6 rings (SSSR count). The number of nitrogens with zero attached hydrogens (tertiary/aromatic N) is 8. The highest BCUT2D eigenvalue weighted by Gasteiger charge is 2.51. The summed E-state index contributed by atoms with van der Waals surface area (Å²) in [6.07, 6.45) is 2.13. The van der Waals surface area contributed by atoms with Crippen LogP contribution < -0.4 is 10.2 Å². The fourth-order valence-electron chi connectivity index (χ4n) is 7.04. The van der Waals surface area contributed by atoms with E-state index in [0.717, 1.165) is 106 Å². The molecule has 2 fully saturated rings. The molecular formula is C39H51F3N10O3. The van der Waals surface area contributed by atoms with Gasteiger partial charge in [0.05, 0.1) is 24.0 Å². The molecule has 0 spiro atoms. The Morgan fingerprint density at radius 1 is 0.982 bits per heavy atom. The van der Waals surface area contributed by atoms with Crippen molar-refractivity contribution in [2.24, 2.45) is 5.92 Å². The lowest BCUT2D eigenvalue weighted by atomic mass is 9.92. The van der Waals surface area contributed by atoms with Gasteiger partial charge in [0.15, 0.2) is 5.82 Å². The zero-order valence-corrected chi connectivity index (χ0v) is 32.6. The molecule has 1 aromatic carbocycles. The number of pyridine rings is 1. The van der Waals surface area contributed by atoms with Gasteiger partial charge in [0.2, 0.25) is 0 Å². The van der Waals surface area contributed by atoms with Crippen LogP contribution in [0.4, 0.5) is 23.8 Å². The van der Waals surface area contributed by atoms with Gasteiger partial charge in [0, 0.05) is 58.2 Å². The number of piperidine rings is 1.